The lowest BCUT2D eigenvalue weighted by Crippen LogP contribution is -2.17. The molecule has 0 saturated carbocycles. The van der Waals surface area contributed by atoms with Crippen LogP contribution in [-0.4, -0.2) is 17.1 Å². The first kappa shape index (κ1) is 12.6. The Bertz CT molecular complexity index is 497. The van der Waals surface area contributed by atoms with Crippen molar-refractivity contribution < 1.29 is 5.11 Å². The van der Waals surface area contributed by atoms with Gasteiger partial charge in [0.2, 0.25) is 0 Å². The van der Waals surface area contributed by atoms with Crippen LogP contribution in [0.25, 0.3) is 0 Å². The molecule has 1 aromatic carbocycles. The maximum absolute atomic E-state index is 9.57. The number of hydrogen-bond donors (Lipinski definition) is 1. The van der Waals surface area contributed by atoms with Gasteiger partial charge in [0.1, 0.15) is 5.82 Å². The first-order chi connectivity index (χ1) is 8.66. The molecule has 0 aliphatic rings. The number of hydrogen-bond acceptors (Lipinski definition) is 3. The molecule has 1 heterocycles. The van der Waals surface area contributed by atoms with Gasteiger partial charge in [-0.15, -0.1) is 0 Å². The standard InChI is InChI=1S/C15H18N2O/c1-12(18)14-8-9-16-15(10-14)17(2)11-13-6-4-3-5-7-13/h3-10,12,18H,11H2,1-2H3/t12-/m1/s1. The molecule has 2 rings (SSSR count). The quantitative estimate of drug-likeness (QED) is 0.895. The largest absolute Gasteiger partial charge is 0.389 e. The van der Waals surface area contributed by atoms with Crippen molar-refractivity contribution in [3.8, 4) is 0 Å². The number of aromatic nitrogens is 1. The fourth-order valence-corrected chi connectivity index (χ4v) is 1.84. The Morgan fingerprint density at radius 1 is 1.22 bits per heavy atom. The summed E-state index contributed by atoms with van der Waals surface area (Å²) in [5.41, 5.74) is 2.13. The third-order valence-electron chi connectivity index (χ3n) is 2.91. The number of rotatable bonds is 4. The Balaban J connectivity index is 2.14. The fourth-order valence-electron chi connectivity index (χ4n) is 1.84. The lowest BCUT2D eigenvalue weighted by Gasteiger charge is -2.19. The second-order valence-electron chi connectivity index (χ2n) is 4.47. The van der Waals surface area contributed by atoms with Crippen LogP contribution in [0.2, 0.25) is 0 Å². The lowest BCUT2D eigenvalue weighted by atomic mass is 10.1. The third kappa shape index (κ3) is 3.08. The van der Waals surface area contributed by atoms with Crippen LogP contribution in [-0.2, 0) is 6.54 Å². The molecule has 1 atom stereocenters. The van der Waals surface area contributed by atoms with E-state index in [0.717, 1.165) is 17.9 Å². The van der Waals surface area contributed by atoms with Crippen molar-refractivity contribution in [3.63, 3.8) is 0 Å². The van der Waals surface area contributed by atoms with Crippen molar-refractivity contribution in [2.75, 3.05) is 11.9 Å². The van der Waals surface area contributed by atoms with Crippen molar-refractivity contribution in [2.45, 2.75) is 19.6 Å². The lowest BCUT2D eigenvalue weighted by molar-refractivity contribution is 0.199. The second kappa shape index (κ2) is 5.65. The van der Waals surface area contributed by atoms with E-state index in [0.29, 0.717) is 0 Å². The predicted octanol–water partition coefficient (Wildman–Crippen LogP) is 2.77. The first-order valence-electron chi connectivity index (χ1n) is 6.06. The average Bonchev–Trinajstić information content (AvgIpc) is 2.40. The molecule has 0 bridgehead atoms. The smallest absolute Gasteiger partial charge is 0.128 e. The van der Waals surface area contributed by atoms with Crippen LogP contribution >= 0.6 is 0 Å². The van der Waals surface area contributed by atoms with Crippen LogP contribution in [0.5, 0.6) is 0 Å². The van der Waals surface area contributed by atoms with E-state index in [-0.39, 0.29) is 0 Å². The minimum absolute atomic E-state index is 0.461. The maximum Gasteiger partial charge on any atom is 0.128 e. The number of nitrogens with zero attached hydrogens (tertiary/aromatic N) is 2. The predicted molar refractivity (Wildman–Crippen MR) is 73.4 cm³/mol. The van der Waals surface area contributed by atoms with Gasteiger partial charge in [0.05, 0.1) is 6.10 Å². The van der Waals surface area contributed by atoms with E-state index < -0.39 is 6.10 Å². The van der Waals surface area contributed by atoms with Crippen molar-refractivity contribution >= 4 is 5.82 Å². The zero-order chi connectivity index (χ0) is 13.0. The molecule has 94 valence electrons. The normalized spacial score (nSPS) is 12.2. The minimum Gasteiger partial charge on any atom is -0.389 e. The molecular formula is C15H18N2O. The van der Waals surface area contributed by atoms with E-state index in [9.17, 15) is 5.11 Å². The summed E-state index contributed by atoms with van der Waals surface area (Å²) >= 11 is 0. The Labute approximate surface area is 108 Å². The van der Waals surface area contributed by atoms with Gasteiger partial charge < -0.3 is 10.0 Å². The van der Waals surface area contributed by atoms with Gasteiger partial charge in [0, 0.05) is 19.8 Å². The van der Waals surface area contributed by atoms with Crippen molar-refractivity contribution in [2.24, 2.45) is 0 Å². The maximum atomic E-state index is 9.57. The average molecular weight is 242 g/mol. The first-order valence-corrected chi connectivity index (χ1v) is 6.06. The van der Waals surface area contributed by atoms with Crippen LogP contribution in [0.1, 0.15) is 24.2 Å². The van der Waals surface area contributed by atoms with Crippen molar-refractivity contribution in [1.82, 2.24) is 4.98 Å². The number of aliphatic hydroxyl groups excluding tert-OH is 1. The molecule has 2 aromatic rings. The Morgan fingerprint density at radius 2 is 1.94 bits per heavy atom. The van der Waals surface area contributed by atoms with Gasteiger partial charge in [-0.05, 0) is 30.2 Å². The van der Waals surface area contributed by atoms with E-state index in [1.807, 2.05) is 37.4 Å². The molecule has 0 saturated heterocycles. The third-order valence-corrected chi connectivity index (χ3v) is 2.91. The monoisotopic (exact) mass is 242 g/mol. The Morgan fingerprint density at radius 3 is 2.61 bits per heavy atom. The van der Waals surface area contributed by atoms with E-state index in [2.05, 4.69) is 22.0 Å². The minimum atomic E-state index is -0.461. The molecule has 0 aliphatic carbocycles. The highest BCUT2D eigenvalue weighted by Gasteiger charge is 2.06. The fraction of sp³-hybridized carbons (Fsp3) is 0.267. The summed E-state index contributed by atoms with van der Waals surface area (Å²) in [4.78, 5) is 6.40. The van der Waals surface area contributed by atoms with Crippen LogP contribution in [0, 0.1) is 0 Å². The molecule has 3 nitrogen and oxygen atoms in total. The molecule has 0 radical (unpaired) electrons. The molecule has 3 heteroatoms. The Kier molecular flexibility index (Phi) is 3.95. The summed E-state index contributed by atoms with van der Waals surface area (Å²) in [5, 5.41) is 9.57. The van der Waals surface area contributed by atoms with E-state index in [1.54, 1.807) is 13.1 Å². The summed E-state index contributed by atoms with van der Waals surface area (Å²) in [6.07, 6.45) is 1.27. The van der Waals surface area contributed by atoms with Gasteiger partial charge >= 0.3 is 0 Å². The van der Waals surface area contributed by atoms with Crippen LogP contribution in [0.15, 0.2) is 48.7 Å². The molecule has 1 aromatic heterocycles. The number of anilines is 1. The zero-order valence-electron chi connectivity index (χ0n) is 10.7. The summed E-state index contributed by atoms with van der Waals surface area (Å²) in [6.45, 7) is 2.56. The highest BCUT2D eigenvalue weighted by atomic mass is 16.3. The van der Waals surface area contributed by atoms with Crippen LogP contribution in [0.4, 0.5) is 5.82 Å². The van der Waals surface area contributed by atoms with Gasteiger partial charge in [-0.2, -0.15) is 0 Å². The SMILES string of the molecule is C[C@@H](O)c1ccnc(N(C)Cc2ccccc2)c1. The van der Waals surface area contributed by atoms with E-state index in [4.69, 9.17) is 0 Å². The van der Waals surface area contributed by atoms with E-state index in [1.165, 1.54) is 5.56 Å². The van der Waals surface area contributed by atoms with Crippen molar-refractivity contribution in [1.29, 1.82) is 0 Å². The molecule has 0 amide bonds. The molecule has 1 N–H and O–H groups in total. The van der Waals surface area contributed by atoms with Crippen LogP contribution < -0.4 is 4.90 Å². The molecule has 18 heavy (non-hydrogen) atoms. The summed E-state index contributed by atoms with van der Waals surface area (Å²) in [7, 11) is 2.00. The summed E-state index contributed by atoms with van der Waals surface area (Å²) in [5.74, 6) is 0.872. The van der Waals surface area contributed by atoms with Gasteiger partial charge in [-0.1, -0.05) is 30.3 Å². The molecule has 0 unspecified atom stereocenters. The molecule has 0 aliphatic heterocycles. The van der Waals surface area contributed by atoms with Gasteiger partial charge in [-0.25, -0.2) is 4.98 Å². The Hall–Kier alpha value is -1.87. The molecular weight excluding hydrogens is 224 g/mol. The highest BCUT2D eigenvalue weighted by Crippen LogP contribution is 2.18. The van der Waals surface area contributed by atoms with Crippen molar-refractivity contribution in [3.05, 3.63) is 59.8 Å². The zero-order valence-corrected chi connectivity index (χ0v) is 10.7. The number of benzene rings is 1. The molecule has 0 spiro atoms. The highest BCUT2D eigenvalue weighted by molar-refractivity contribution is 5.41. The van der Waals surface area contributed by atoms with Gasteiger partial charge in [0.15, 0.2) is 0 Å². The van der Waals surface area contributed by atoms with E-state index >= 15 is 0 Å². The van der Waals surface area contributed by atoms with Crippen LogP contribution in [0.3, 0.4) is 0 Å². The van der Waals surface area contributed by atoms with Gasteiger partial charge in [0.25, 0.3) is 0 Å². The summed E-state index contributed by atoms with van der Waals surface area (Å²) in [6, 6.07) is 14.0. The number of pyridine rings is 1. The van der Waals surface area contributed by atoms with Gasteiger partial charge in [-0.3, -0.25) is 0 Å². The second-order valence-corrected chi connectivity index (χ2v) is 4.47. The summed E-state index contributed by atoms with van der Waals surface area (Å²) < 4.78 is 0. The number of aliphatic hydroxyl groups is 1. The molecule has 0 fully saturated rings. The topological polar surface area (TPSA) is 36.4 Å².